The minimum absolute atomic E-state index is 0.370. The maximum Gasteiger partial charge on any atom is 0.0195 e. The smallest absolute Gasteiger partial charge is 0.0195 e. The Bertz CT molecular complexity index is 269. The molecule has 0 aromatic rings. The van der Waals surface area contributed by atoms with Crippen molar-refractivity contribution >= 4 is 0 Å². The fraction of sp³-hybridized carbons (Fsp3) is 0.867. The second-order valence-electron chi connectivity index (χ2n) is 6.64. The van der Waals surface area contributed by atoms with Crippen molar-refractivity contribution in [1.82, 2.24) is 10.2 Å². The van der Waals surface area contributed by atoms with E-state index in [9.17, 15) is 0 Å². The molecule has 2 rings (SSSR count). The zero-order valence-corrected chi connectivity index (χ0v) is 11.8. The number of piperidine rings is 1. The van der Waals surface area contributed by atoms with Crippen LogP contribution < -0.4 is 5.32 Å². The van der Waals surface area contributed by atoms with E-state index < -0.39 is 0 Å². The average molecular weight is 236 g/mol. The van der Waals surface area contributed by atoms with Gasteiger partial charge in [-0.2, -0.15) is 0 Å². The van der Waals surface area contributed by atoms with E-state index in [1.54, 1.807) is 5.57 Å². The summed E-state index contributed by atoms with van der Waals surface area (Å²) in [4.78, 5) is 2.61. The molecule has 1 unspecified atom stereocenters. The Morgan fingerprint density at radius 2 is 2.18 bits per heavy atom. The van der Waals surface area contributed by atoms with Gasteiger partial charge in [-0.1, -0.05) is 38.8 Å². The first-order valence-electron chi connectivity index (χ1n) is 7.21. The number of rotatable bonds is 2. The second kappa shape index (κ2) is 5.53. The standard InChI is InChI=1S/C15H28N2/c1-15(2,3)13-7-10-17(11-8-13)12-14-6-4-5-9-16-14/h7,14,16H,4-6,8-12H2,1-3H3. The number of hydrogen-bond acceptors (Lipinski definition) is 2. The quantitative estimate of drug-likeness (QED) is 0.742. The van der Waals surface area contributed by atoms with E-state index in [0.29, 0.717) is 5.41 Å². The van der Waals surface area contributed by atoms with Gasteiger partial charge in [0.15, 0.2) is 0 Å². The van der Waals surface area contributed by atoms with Gasteiger partial charge < -0.3 is 5.32 Å². The largest absolute Gasteiger partial charge is 0.313 e. The van der Waals surface area contributed by atoms with Gasteiger partial charge in [-0.3, -0.25) is 4.90 Å². The highest BCUT2D eigenvalue weighted by molar-refractivity contribution is 5.14. The van der Waals surface area contributed by atoms with Crippen LogP contribution in [0.3, 0.4) is 0 Å². The molecule has 0 spiro atoms. The molecular weight excluding hydrogens is 208 g/mol. The van der Waals surface area contributed by atoms with Crippen molar-refractivity contribution in [2.24, 2.45) is 5.41 Å². The van der Waals surface area contributed by atoms with Crippen LogP contribution in [-0.2, 0) is 0 Å². The summed E-state index contributed by atoms with van der Waals surface area (Å²) in [6.45, 7) is 11.9. The van der Waals surface area contributed by atoms with E-state index in [2.05, 4.69) is 37.1 Å². The second-order valence-corrected chi connectivity index (χ2v) is 6.64. The molecule has 0 bridgehead atoms. The molecule has 0 aromatic heterocycles. The Labute approximate surface area is 106 Å². The van der Waals surface area contributed by atoms with Crippen molar-refractivity contribution in [2.45, 2.75) is 52.5 Å². The van der Waals surface area contributed by atoms with Gasteiger partial charge in [0, 0.05) is 25.7 Å². The van der Waals surface area contributed by atoms with Crippen LogP contribution in [0.5, 0.6) is 0 Å². The lowest BCUT2D eigenvalue weighted by molar-refractivity contribution is 0.230. The van der Waals surface area contributed by atoms with Crippen molar-refractivity contribution in [1.29, 1.82) is 0 Å². The molecule has 0 radical (unpaired) electrons. The molecule has 1 saturated heterocycles. The van der Waals surface area contributed by atoms with Crippen LogP contribution >= 0.6 is 0 Å². The van der Waals surface area contributed by atoms with Gasteiger partial charge in [-0.15, -0.1) is 0 Å². The molecule has 2 nitrogen and oxygen atoms in total. The molecule has 0 aromatic carbocycles. The lowest BCUT2D eigenvalue weighted by atomic mass is 9.83. The molecule has 0 aliphatic carbocycles. The zero-order valence-electron chi connectivity index (χ0n) is 11.8. The molecule has 98 valence electrons. The Morgan fingerprint density at radius 1 is 1.35 bits per heavy atom. The zero-order chi connectivity index (χ0) is 12.3. The van der Waals surface area contributed by atoms with Crippen LogP contribution in [0.4, 0.5) is 0 Å². The molecule has 17 heavy (non-hydrogen) atoms. The van der Waals surface area contributed by atoms with E-state index in [4.69, 9.17) is 0 Å². The molecule has 0 amide bonds. The highest BCUT2D eigenvalue weighted by Gasteiger charge is 2.23. The highest BCUT2D eigenvalue weighted by atomic mass is 15.1. The molecule has 0 saturated carbocycles. The normalized spacial score (nSPS) is 27.9. The van der Waals surface area contributed by atoms with E-state index in [0.717, 1.165) is 12.6 Å². The molecule has 2 aliphatic heterocycles. The van der Waals surface area contributed by atoms with Crippen LogP contribution in [-0.4, -0.2) is 37.1 Å². The fourth-order valence-electron chi connectivity index (χ4n) is 2.95. The summed E-state index contributed by atoms with van der Waals surface area (Å²) < 4.78 is 0. The summed E-state index contributed by atoms with van der Waals surface area (Å²) in [6, 6.07) is 0.744. The third-order valence-corrected chi connectivity index (χ3v) is 4.15. The molecule has 1 atom stereocenters. The van der Waals surface area contributed by atoms with Gasteiger partial charge in [-0.05, 0) is 31.2 Å². The predicted molar refractivity (Wildman–Crippen MR) is 74.2 cm³/mol. The minimum Gasteiger partial charge on any atom is -0.313 e. The number of nitrogens with zero attached hydrogens (tertiary/aromatic N) is 1. The van der Waals surface area contributed by atoms with Gasteiger partial charge in [0.2, 0.25) is 0 Å². The van der Waals surface area contributed by atoms with Crippen LogP contribution in [0.2, 0.25) is 0 Å². The maximum absolute atomic E-state index is 3.65. The van der Waals surface area contributed by atoms with Crippen LogP contribution in [0, 0.1) is 5.41 Å². The first-order valence-corrected chi connectivity index (χ1v) is 7.21. The number of nitrogens with one attached hydrogen (secondary N) is 1. The summed E-state index contributed by atoms with van der Waals surface area (Å²) in [5, 5.41) is 3.65. The summed E-state index contributed by atoms with van der Waals surface area (Å²) >= 11 is 0. The van der Waals surface area contributed by atoms with Crippen molar-refractivity contribution < 1.29 is 0 Å². The molecule has 2 heterocycles. The first-order chi connectivity index (χ1) is 8.05. The van der Waals surface area contributed by atoms with Crippen LogP contribution in [0.25, 0.3) is 0 Å². The van der Waals surface area contributed by atoms with Gasteiger partial charge in [0.25, 0.3) is 0 Å². The van der Waals surface area contributed by atoms with Gasteiger partial charge in [0.1, 0.15) is 0 Å². The summed E-state index contributed by atoms with van der Waals surface area (Å²) in [7, 11) is 0. The lowest BCUT2D eigenvalue weighted by Gasteiger charge is -2.35. The Morgan fingerprint density at radius 3 is 2.71 bits per heavy atom. The van der Waals surface area contributed by atoms with Gasteiger partial charge >= 0.3 is 0 Å². The van der Waals surface area contributed by atoms with Crippen molar-refractivity contribution in [3.8, 4) is 0 Å². The topological polar surface area (TPSA) is 15.3 Å². The lowest BCUT2D eigenvalue weighted by Crippen LogP contribution is -2.45. The number of hydrogen-bond donors (Lipinski definition) is 1. The Hall–Kier alpha value is -0.340. The summed E-state index contributed by atoms with van der Waals surface area (Å²) in [5.41, 5.74) is 2.01. The third kappa shape index (κ3) is 3.82. The van der Waals surface area contributed by atoms with Gasteiger partial charge in [-0.25, -0.2) is 0 Å². The van der Waals surface area contributed by atoms with Crippen molar-refractivity contribution in [2.75, 3.05) is 26.2 Å². The molecule has 1 fully saturated rings. The van der Waals surface area contributed by atoms with Crippen LogP contribution in [0.15, 0.2) is 11.6 Å². The fourth-order valence-corrected chi connectivity index (χ4v) is 2.95. The highest BCUT2D eigenvalue weighted by Crippen LogP contribution is 2.30. The van der Waals surface area contributed by atoms with Crippen molar-refractivity contribution in [3.63, 3.8) is 0 Å². The monoisotopic (exact) mass is 236 g/mol. The predicted octanol–water partition coefficient (Wildman–Crippen LogP) is 2.81. The van der Waals surface area contributed by atoms with Crippen LogP contribution in [0.1, 0.15) is 46.5 Å². The Kier molecular flexibility index (Phi) is 4.26. The Balaban J connectivity index is 1.80. The van der Waals surface area contributed by atoms with E-state index in [1.807, 2.05) is 0 Å². The van der Waals surface area contributed by atoms with E-state index in [-0.39, 0.29) is 0 Å². The SMILES string of the molecule is CC(C)(C)C1=CCN(CC2CCCCN2)CC1. The molecular formula is C15H28N2. The third-order valence-electron chi connectivity index (χ3n) is 4.15. The molecule has 2 heteroatoms. The summed E-state index contributed by atoms with van der Waals surface area (Å²) in [5.74, 6) is 0. The average Bonchev–Trinajstić information content (AvgIpc) is 2.30. The van der Waals surface area contributed by atoms with Gasteiger partial charge in [0.05, 0.1) is 0 Å². The van der Waals surface area contributed by atoms with E-state index in [1.165, 1.54) is 45.3 Å². The maximum atomic E-state index is 3.65. The summed E-state index contributed by atoms with van der Waals surface area (Å²) in [6.07, 6.45) is 7.87. The molecule has 2 aliphatic rings. The van der Waals surface area contributed by atoms with Crippen molar-refractivity contribution in [3.05, 3.63) is 11.6 Å². The first kappa shape index (κ1) is 13.1. The molecule has 1 N–H and O–H groups in total. The minimum atomic E-state index is 0.370. The van der Waals surface area contributed by atoms with E-state index >= 15 is 0 Å².